The minimum Gasteiger partial charge on any atom is -0.458 e. The van der Waals surface area contributed by atoms with Gasteiger partial charge in [-0.15, -0.1) is 11.6 Å². The lowest BCUT2D eigenvalue weighted by Crippen LogP contribution is -2.57. The zero-order valence-corrected chi connectivity index (χ0v) is 22.0. The summed E-state index contributed by atoms with van der Waals surface area (Å²) in [5.74, 6) is 3.35. The van der Waals surface area contributed by atoms with Crippen LogP contribution in [0.4, 0.5) is 0 Å². The van der Waals surface area contributed by atoms with E-state index >= 15 is 0 Å². The van der Waals surface area contributed by atoms with Gasteiger partial charge in [0.25, 0.3) is 0 Å². The minimum absolute atomic E-state index is 0.0116. The van der Waals surface area contributed by atoms with Gasteiger partial charge in [0.2, 0.25) is 0 Å². The molecule has 1 heterocycles. The second-order valence-electron chi connectivity index (χ2n) is 12.8. The fraction of sp³-hybridized carbons (Fsp3) is 0.677. The Kier molecular flexibility index (Phi) is 5.75. The van der Waals surface area contributed by atoms with Crippen molar-refractivity contribution >= 4 is 23.4 Å². The molecule has 188 valence electrons. The van der Waals surface area contributed by atoms with Crippen LogP contribution in [0, 0.1) is 34.5 Å². The number of carbonyl (C=O) groups excluding carboxylic acids is 2. The standard InChI is InChI=1S/C31H39ClO3/c1-29-13-9-24(33)18-23(29)17-22(8-7-20-3-5-21(19-32)6-4-20)28-25(29)10-14-30(2)26(28)11-15-31(30)16-12-27(34)35-31/h3-6,18,22,25-26,28H,7-17,19H2,1-2H3/t22-,25+,26+,28-,29+,30+,31-/m1/s1. The molecule has 1 spiro atoms. The highest BCUT2D eigenvalue weighted by Crippen LogP contribution is 2.71. The molecule has 4 heteroatoms. The molecule has 0 radical (unpaired) electrons. The molecule has 5 aliphatic rings. The van der Waals surface area contributed by atoms with E-state index in [1.54, 1.807) is 0 Å². The van der Waals surface area contributed by atoms with Crippen molar-refractivity contribution in [3.05, 3.63) is 47.0 Å². The quantitative estimate of drug-likeness (QED) is 0.328. The van der Waals surface area contributed by atoms with Gasteiger partial charge in [0.05, 0.1) is 0 Å². The lowest BCUT2D eigenvalue weighted by atomic mass is 9.43. The van der Waals surface area contributed by atoms with Crippen LogP contribution in [0.5, 0.6) is 0 Å². The summed E-state index contributed by atoms with van der Waals surface area (Å²) < 4.78 is 6.19. The molecule has 0 N–H and O–H groups in total. The van der Waals surface area contributed by atoms with Crippen molar-refractivity contribution in [2.75, 3.05) is 0 Å². The fourth-order valence-corrected chi connectivity index (χ4v) is 9.62. The number of rotatable bonds is 4. The summed E-state index contributed by atoms with van der Waals surface area (Å²) in [7, 11) is 0. The van der Waals surface area contributed by atoms with E-state index in [-0.39, 0.29) is 22.4 Å². The number of allylic oxidation sites excluding steroid dienone is 1. The summed E-state index contributed by atoms with van der Waals surface area (Å²) in [6, 6.07) is 8.77. The number of esters is 1. The van der Waals surface area contributed by atoms with Crippen molar-refractivity contribution in [3.63, 3.8) is 0 Å². The molecule has 1 aromatic rings. The Morgan fingerprint density at radius 2 is 1.69 bits per heavy atom. The summed E-state index contributed by atoms with van der Waals surface area (Å²) in [5, 5.41) is 0. The predicted molar refractivity (Wildman–Crippen MR) is 138 cm³/mol. The van der Waals surface area contributed by atoms with E-state index in [1.807, 2.05) is 6.08 Å². The van der Waals surface area contributed by atoms with Gasteiger partial charge in [0.15, 0.2) is 5.78 Å². The van der Waals surface area contributed by atoms with Crippen molar-refractivity contribution in [3.8, 4) is 0 Å². The molecule has 1 saturated heterocycles. The van der Waals surface area contributed by atoms with E-state index < -0.39 is 0 Å². The third-order valence-corrected chi connectivity index (χ3v) is 11.8. The van der Waals surface area contributed by atoms with E-state index in [0.717, 1.165) is 44.9 Å². The van der Waals surface area contributed by atoms with Gasteiger partial charge in [-0.05, 0) is 104 Å². The molecule has 3 saturated carbocycles. The molecule has 0 amide bonds. The van der Waals surface area contributed by atoms with E-state index in [1.165, 1.54) is 29.5 Å². The molecule has 1 aliphatic heterocycles. The summed E-state index contributed by atoms with van der Waals surface area (Å²) in [4.78, 5) is 24.7. The summed E-state index contributed by atoms with van der Waals surface area (Å²) in [6.07, 6.45) is 13.1. The Labute approximate surface area is 215 Å². The SMILES string of the molecule is C[C@]12CCC(=O)C=C1C[C@@H](CCc1ccc(CCl)cc1)[C@@H]1[C@@H]2CC[C@@]2(C)[C@H]1CC[C@@]21CCC(=O)O1. The zero-order valence-electron chi connectivity index (χ0n) is 21.3. The van der Waals surface area contributed by atoms with Crippen LogP contribution in [0.2, 0.25) is 0 Å². The maximum atomic E-state index is 12.5. The number of hydrogen-bond acceptors (Lipinski definition) is 3. The number of benzene rings is 1. The van der Waals surface area contributed by atoms with Gasteiger partial charge in [-0.3, -0.25) is 9.59 Å². The van der Waals surface area contributed by atoms with Crippen LogP contribution in [0.25, 0.3) is 0 Å². The second kappa shape index (κ2) is 8.47. The molecule has 1 aromatic carbocycles. The van der Waals surface area contributed by atoms with Gasteiger partial charge in [-0.2, -0.15) is 0 Å². The summed E-state index contributed by atoms with van der Waals surface area (Å²) in [5.41, 5.74) is 3.98. The van der Waals surface area contributed by atoms with E-state index in [4.69, 9.17) is 16.3 Å². The first kappa shape index (κ1) is 23.8. The largest absolute Gasteiger partial charge is 0.458 e. The number of alkyl halides is 1. The smallest absolute Gasteiger partial charge is 0.306 e. The monoisotopic (exact) mass is 494 g/mol. The fourth-order valence-electron chi connectivity index (χ4n) is 9.44. The van der Waals surface area contributed by atoms with Gasteiger partial charge in [0, 0.05) is 24.1 Å². The molecule has 4 fully saturated rings. The summed E-state index contributed by atoms with van der Waals surface area (Å²) >= 11 is 6.00. The highest BCUT2D eigenvalue weighted by atomic mass is 35.5. The van der Waals surface area contributed by atoms with E-state index in [0.29, 0.717) is 48.2 Å². The third kappa shape index (κ3) is 3.58. The first-order valence-electron chi connectivity index (χ1n) is 13.9. The van der Waals surface area contributed by atoms with Crippen LogP contribution in [0.1, 0.15) is 89.2 Å². The lowest BCUT2D eigenvalue weighted by Gasteiger charge is -2.61. The van der Waals surface area contributed by atoms with Crippen LogP contribution in [-0.4, -0.2) is 17.4 Å². The molecule has 6 rings (SSSR count). The number of fused-ring (bicyclic) bond motifs is 6. The normalized spacial score (nSPS) is 42.3. The van der Waals surface area contributed by atoms with Crippen molar-refractivity contribution in [1.82, 2.24) is 0 Å². The predicted octanol–water partition coefficient (Wildman–Crippen LogP) is 7.19. The molecule has 7 atom stereocenters. The average Bonchev–Trinajstić information content (AvgIpc) is 3.38. The highest BCUT2D eigenvalue weighted by molar-refractivity contribution is 6.17. The number of carbonyl (C=O) groups is 2. The van der Waals surface area contributed by atoms with Gasteiger partial charge in [0.1, 0.15) is 5.60 Å². The van der Waals surface area contributed by atoms with Gasteiger partial charge in [-0.1, -0.05) is 43.7 Å². The average molecular weight is 495 g/mol. The summed E-state index contributed by atoms with van der Waals surface area (Å²) in [6.45, 7) is 4.92. The number of ether oxygens (including phenoxy) is 1. The minimum atomic E-state index is -0.235. The molecule has 0 bridgehead atoms. The topological polar surface area (TPSA) is 43.4 Å². The Balaban J connectivity index is 1.33. The van der Waals surface area contributed by atoms with Crippen molar-refractivity contribution < 1.29 is 14.3 Å². The van der Waals surface area contributed by atoms with Gasteiger partial charge >= 0.3 is 5.97 Å². The van der Waals surface area contributed by atoms with Crippen LogP contribution in [0.15, 0.2) is 35.9 Å². The Morgan fingerprint density at radius 3 is 2.40 bits per heavy atom. The Bertz CT molecular complexity index is 1060. The number of hydrogen-bond donors (Lipinski definition) is 0. The molecule has 0 aromatic heterocycles. The van der Waals surface area contributed by atoms with Crippen LogP contribution in [0.3, 0.4) is 0 Å². The maximum absolute atomic E-state index is 12.5. The van der Waals surface area contributed by atoms with Gasteiger partial charge in [-0.25, -0.2) is 0 Å². The molecule has 0 unspecified atom stereocenters. The molecular weight excluding hydrogens is 456 g/mol. The van der Waals surface area contributed by atoms with E-state index in [2.05, 4.69) is 38.1 Å². The molecule has 4 aliphatic carbocycles. The Morgan fingerprint density at radius 1 is 0.943 bits per heavy atom. The van der Waals surface area contributed by atoms with Crippen LogP contribution in [-0.2, 0) is 26.6 Å². The van der Waals surface area contributed by atoms with Crippen molar-refractivity contribution in [2.24, 2.45) is 34.5 Å². The molecular formula is C31H39ClO3. The number of aryl methyl sites for hydroxylation is 1. The highest BCUT2D eigenvalue weighted by Gasteiger charge is 2.68. The lowest BCUT2D eigenvalue weighted by molar-refractivity contribution is -0.171. The second-order valence-corrected chi connectivity index (χ2v) is 13.0. The number of ketones is 1. The maximum Gasteiger partial charge on any atom is 0.306 e. The van der Waals surface area contributed by atoms with Crippen LogP contribution >= 0.6 is 11.6 Å². The van der Waals surface area contributed by atoms with Crippen LogP contribution < -0.4 is 0 Å². The zero-order chi connectivity index (χ0) is 24.4. The van der Waals surface area contributed by atoms with Crippen molar-refractivity contribution in [1.29, 1.82) is 0 Å². The Hall–Kier alpha value is -1.61. The number of halogens is 1. The third-order valence-electron chi connectivity index (χ3n) is 11.4. The first-order valence-corrected chi connectivity index (χ1v) is 14.4. The molecule has 35 heavy (non-hydrogen) atoms. The van der Waals surface area contributed by atoms with Gasteiger partial charge < -0.3 is 4.74 Å². The molecule has 3 nitrogen and oxygen atoms in total. The van der Waals surface area contributed by atoms with E-state index in [9.17, 15) is 9.59 Å². The first-order chi connectivity index (χ1) is 16.8. The van der Waals surface area contributed by atoms with Crippen molar-refractivity contribution in [2.45, 2.75) is 96.0 Å².